The Morgan fingerprint density at radius 2 is 1.49 bits per heavy atom. The van der Waals surface area contributed by atoms with Gasteiger partial charge in [0.1, 0.15) is 16.4 Å². The standard InChI is InChI=1S/C33H33N3O6S/c1-41-29-17-16-26(22-31(29)43(39,40)35-21-19-25-12-6-3-7-13-25)33(38)36-23-30(42-28-15-9-8-14-27(28)36)32(37)34-20-18-24-10-4-2-5-11-24/h2-17,22,30,35H,18-21,23H2,1H3,(H,34,37)/t30-/m0/s1. The van der Waals surface area contributed by atoms with E-state index in [9.17, 15) is 18.0 Å². The SMILES string of the molecule is COc1ccc(C(=O)N2C[C@@H](C(=O)NCCc3ccccc3)Oc3ccccc32)cc1S(=O)(=O)NCCc1ccccc1. The van der Waals surface area contributed by atoms with Crippen molar-refractivity contribution >= 4 is 27.5 Å². The van der Waals surface area contributed by atoms with E-state index in [4.69, 9.17) is 9.47 Å². The molecule has 222 valence electrons. The lowest BCUT2D eigenvalue weighted by atomic mass is 10.1. The molecule has 1 heterocycles. The third kappa shape index (κ3) is 7.22. The number of amides is 2. The molecule has 2 amide bonds. The molecule has 0 fully saturated rings. The van der Waals surface area contributed by atoms with Gasteiger partial charge in [-0.1, -0.05) is 72.8 Å². The van der Waals surface area contributed by atoms with Gasteiger partial charge in [0.25, 0.3) is 11.8 Å². The van der Waals surface area contributed by atoms with Gasteiger partial charge in [-0.15, -0.1) is 0 Å². The van der Waals surface area contributed by atoms with Crippen molar-refractivity contribution in [3.05, 3.63) is 120 Å². The summed E-state index contributed by atoms with van der Waals surface area (Å²) in [5.41, 5.74) is 2.70. The Morgan fingerprint density at radius 3 is 2.16 bits per heavy atom. The Morgan fingerprint density at radius 1 is 0.860 bits per heavy atom. The van der Waals surface area contributed by atoms with E-state index in [-0.39, 0.29) is 35.2 Å². The quantitative estimate of drug-likeness (QED) is 0.270. The molecule has 0 bridgehead atoms. The van der Waals surface area contributed by atoms with Crippen molar-refractivity contribution < 1.29 is 27.5 Å². The van der Waals surface area contributed by atoms with Crippen molar-refractivity contribution in [2.75, 3.05) is 31.6 Å². The van der Waals surface area contributed by atoms with E-state index >= 15 is 0 Å². The maximum atomic E-state index is 13.9. The second-order valence-electron chi connectivity index (χ2n) is 10.0. The number of hydrogen-bond acceptors (Lipinski definition) is 6. The van der Waals surface area contributed by atoms with E-state index in [1.807, 2.05) is 60.7 Å². The lowest BCUT2D eigenvalue weighted by Gasteiger charge is -2.34. The molecule has 2 N–H and O–H groups in total. The summed E-state index contributed by atoms with van der Waals surface area (Å²) in [6, 6.07) is 30.5. The van der Waals surface area contributed by atoms with Gasteiger partial charge >= 0.3 is 0 Å². The molecule has 0 radical (unpaired) electrons. The monoisotopic (exact) mass is 599 g/mol. The van der Waals surface area contributed by atoms with Crippen molar-refractivity contribution in [2.45, 2.75) is 23.8 Å². The zero-order chi connectivity index (χ0) is 30.2. The topological polar surface area (TPSA) is 114 Å². The highest BCUT2D eigenvalue weighted by Crippen LogP contribution is 2.35. The number of benzene rings is 4. The molecule has 0 saturated heterocycles. The van der Waals surface area contributed by atoms with Crippen molar-refractivity contribution in [3.63, 3.8) is 0 Å². The fourth-order valence-corrected chi connectivity index (χ4v) is 6.10. The van der Waals surface area contributed by atoms with E-state index in [0.29, 0.717) is 30.8 Å². The second kappa shape index (κ2) is 13.5. The lowest BCUT2D eigenvalue weighted by Crippen LogP contribution is -2.51. The summed E-state index contributed by atoms with van der Waals surface area (Å²) in [6.07, 6.45) is 0.206. The molecule has 0 spiro atoms. The zero-order valence-electron chi connectivity index (χ0n) is 23.7. The van der Waals surface area contributed by atoms with Gasteiger partial charge in [0.05, 0.1) is 19.3 Å². The first-order chi connectivity index (χ1) is 20.9. The molecule has 4 aromatic rings. The van der Waals surface area contributed by atoms with Crippen LogP contribution in [0.5, 0.6) is 11.5 Å². The van der Waals surface area contributed by atoms with Crippen LogP contribution in [0.4, 0.5) is 5.69 Å². The predicted octanol–water partition coefficient (Wildman–Crippen LogP) is 3.98. The molecule has 0 aliphatic carbocycles. The molecule has 9 nitrogen and oxygen atoms in total. The highest BCUT2D eigenvalue weighted by Gasteiger charge is 2.34. The van der Waals surface area contributed by atoms with Gasteiger partial charge in [-0.05, 0) is 54.3 Å². The fourth-order valence-electron chi connectivity index (χ4n) is 4.88. The molecular weight excluding hydrogens is 566 g/mol. The zero-order valence-corrected chi connectivity index (χ0v) is 24.5. The normalized spacial score (nSPS) is 14.3. The summed E-state index contributed by atoms with van der Waals surface area (Å²) in [4.78, 5) is 28.3. The van der Waals surface area contributed by atoms with E-state index in [1.54, 1.807) is 24.3 Å². The molecule has 0 aromatic heterocycles. The Balaban J connectivity index is 1.33. The minimum atomic E-state index is -4.01. The molecular formula is C33H33N3O6S. The van der Waals surface area contributed by atoms with Gasteiger partial charge in [0.2, 0.25) is 10.0 Å². The van der Waals surface area contributed by atoms with Gasteiger partial charge in [-0.2, -0.15) is 0 Å². The van der Waals surface area contributed by atoms with Crippen LogP contribution >= 0.6 is 0 Å². The Labute approximate surface area is 251 Å². The predicted molar refractivity (Wildman–Crippen MR) is 164 cm³/mol. The van der Waals surface area contributed by atoms with Crippen LogP contribution in [-0.4, -0.2) is 53.1 Å². The van der Waals surface area contributed by atoms with Gasteiger partial charge in [0.15, 0.2) is 6.10 Å². The Kier molecular flexibility index (Phi) is 9.38. The summed E-state index contributed by atoms with van der Waals surface area (Å²) in [5, 5.41) is 2.90. The van der Waals surface area contributed by atoms with Crippen LogP contribution in [0.2, 0.25) is 0 Å². The number of nitrogens with one attached hydrogen (secondary N) is 2. The molecule has 5 rings (SSSR count). The highest BCUT2D eigenvalue weighted by molar-refractivity contribution is 7.89. The maximum Gasteiger partial charge on any atom is 0.262 e. The van der Waals surface area contributed by atoms with Gasteiger partial charge in [0, 0.05) is 18.7 Å². The number of anilines is 1. The van der Waals surface area contributed by atoms with Gasteiger partial charge in [-0.3, -0.25) is 9.59 Å². The minimum absolute atomic E-state index is 0.0452. The number of rotatable bonds is 11. The highest BCUT2D eigenvalue weighted by atomic mass is 32.2. The van der Waals surface area contributed by atoms with E-state index < -0.39 is 22.0 Å². The Hall–Kier alpha value is -4.67. The summed E-state index contributed by atoms with van der Waals surface area (Å²) in [7, 11) is -2.64. The minimum Gasteiger partial charge on any atom is -0.495 e. The van der Waals surface area contributed by atoms with Crippen LogP contribution in [0.15, 0.2) is 108 Å². The first kappa shape index (κ1) is 29.8. The fraction of sp³-hybridized carbons (Fsp3) is 0.212. The molecule has 0 unspecified atom stereocenters. The third-order valence-electron chi connectivity index (χ3n) is 7.12. The third-order valence-corrected chi connectivity index (χ3v) is 8.60. The second-order valence-corrected chi connectivity index (χ2v) is 11.8. The number of carbonyl (C=O) groups is 2. The average molecular weight is 600 g/mol. The van der Waals surface area contributed by atoms with Crippen LogP contribution in [-0.2, 0) is 27.7 Å². The summed E-state index contributed by atoms with van der Waals surface area (Å²) in [6.45, 7) is 0.539. The summed E-state index contributed by atoms with van der Waals surface area (Å²) in [5.74, 6) is -0.318. The molecule has 1 aliphatic rings. The number of fused-ring (bicyclic) bond motifs is 1. The number of sulfonamides is 1. The molecule has 1 atom stereocenters. The van der Waals surface area contributed by atoms with Crippen molar-refractivity contribution in [2.24, 2.45) is 0 Å². The van der Waals surface area contributed by atoms with Crippen LogP contribution in [0.3, 0.4) is 0 Å². The van der Waals surface area contributed by atoms with Crippen LogP contribution in [0.25, 0.3) is 0 Å². The van der Waals surface area contributed by atoms with Crippen molar-refractivity contribution in [3.8, 4) is 11.5 Å². The number of para-hydroxylation sites is 2. The molecule has 0 saturated carbocycles. The molecule has 43 heavy (non-hydrogen) atoms. The van der Waals surface area contributed by atoms with Gasteiger partial charge in [-0.25, -0.2) is 13.1 Å². The number of carbonyl (C=O) groups excluding carboxylic acids is 2. The van der Waals surface area contributed by atoms with Crippen LogP contribution in [0.1, 0.15) is 21.5 Å². The summed E-state index contributed by atoms with van der Waals surface area (Å²) >= 11 is 0. The lowest BCUT2D eigenvalue weighted by molar-refractivity contribution is -0.127. The molecule has 4 aromatic carbocycles. The average Bonchev–Trinajstić information content (AvgIpc) is 3.04. The number of hydrogen-bond donors (Lipinski definition) is 2. The molecule has 1 aliphatic heterocycles. The van der Waals surface area contributed by atoms with E-state index in [0.717, 1.165) is 11.1 Å². The Bertz CT molecular complexity index is 1680. The van der Waals surface area contributed by atoms with Crippen molar-refractivity contribution in [1.29, 1.82) is 0 Å². The van der Waals surface area contributed by atoms with Crippen LogP contribution in [0, 0.1) is 0 Å². The number of ether oxygens (including phenoxy) is 2. The number of methoxy groups -OCH3 is 1. The van der Waals surface area contributed by atoms with Crippen LogP contribution < -0.4 is 24.4 Å². The smallest absolute Gasteiger partial charge is 0.262 e. The van der Waals surface area contributed by atoms with Crippen molar-refractivity contribution in [1.82, 2.24) is 10.0 Å². The molecule has 10 heteroatoms. The maximum absolute atomic E-state index is 13.9. The largest absolute Gasteiger partial charge is 0.495 e. The number of nitrogens with zero attached hydrogens (tertiary/aromatic N) is 1. The van der Waals surface area contributed by atoms with Gasteiger partial charge < -0.3 is 19.7 Å². The van der Waals surface area contributed by atoms with E-state index in [2.05, 4.69) is 10.0 Å². The first-order valence-corrected chi connectivity index (χ1v) is 15.4. The summed E-state index contributed by atoms with van der Waals surface area (Å²) < 4.78 is 40.5. The first-order valence-electron chi connectivity index (χ1n) is 14.0. The van der Waals surface area contributed by atoms with E-state index in [1.165, 1.54) is 30.2 Å².